The van der Waals surface area contributed by atoms with Gasteiger partial charge < -0.3 is 8.92 Å². The Hall–Kier alpha value is -1.32. The molecule has 9 heteroatoms. The second-order valence-electron chi connectivity index (χ2n) is 8.76. The second-order valence-corrected chi connectivity index (χ2v) is 10.3. The van der Waals surface area contributed by atoms with E-state index in [1.807, 2.05) is 0 Å². The highest BCUT2D eigenvalue weighted by Gasteiger charge is 2.55. The van der Waals surface area contributed by atoms with E-state index >= 15 is 0 Å². The van der Waals surface area contributed by atoms with E-state index in [0.717, 1.165) is 69.4 Å². The number of nitrogens with zero attached hydrogens (tertiary/aromatic N) is 1. The lowest BCUT2D eigenvalue weighted by Gasteiger charge is -2.61. The molecule has 2 heterocycles. The van der Waals surface area contributed by atoms with Crippen LogP contribution in [0.2, 0.25) is 0 Å². The summed E-state index contributed by atoms with van der Waals surface area (Å²) in [5, 5.41) is 0. The lowest BCUT2D eigenvalue weighted by atomic mass is 9.52. The van der Waals surface area contributed by atoms with Crippen LogP contribution in [0.3, 0.4) is 0 Å². The molecule has 1 saturated carbocycles. The summed E-state index contributed by atoms with van der Waals surface area (Å²) in [5.41, 5.74) is -3.43. The SMILES string of the molecule is O=S(=O)(Oc1ccc2c(c1)[C@@]13CCCC[C@H]1[C@@H](C2)N(C1COC1)CC3)C(F)(F)F. The van der Waals surface area contributed by atoms with E-state index in [0.29, 0.717) is 18.0 Å². The van der Waals surface area contributed by atoms with Crippen LogP contribution in [0.5, 0.6) is 5.75 Å². The van der Waals surface area contributed by atoms with Gasteiger partial charge in [0, 0.05) is 11.5 Å². The van der Waals surface area contributed by atoms with Crippen molar-refractivity contribution in [3.63, 3.8) is 0 Å². The summed E-state index contributed by atoms with van der Waals surface area (Å²) in [4.78, 5) is 2.58. The smallest absolute Gasteiger partial charge is 0.378 e. The standard InChI is InChI=1S/C20H24F3NO4S/c21-20(22,23)29(25,26)28-15-5-4-13-9-18-16-3-1-2-6-19(16,17(13)10-15)7-8-24(18)14-11-27-12-14/h4-5,10,14,16,18H,1-3,6-9,11-12H2/t16-,18+,19+/m0/s1. The molecular weight excluding hydrogens is 407 g/mol. The Labute approximate surface area is 168 Å². The van der Waals surface area contributed by atoms with Gasteiger partial charge in [-0.15, -0.1) is 0 Å². The number of halogens is 3. The van der Waals surface area contributed by atoms with E-state index in [-0.39, 0.29) is 11.2 Å². The van der Waals surface area contributed by atoms with Gasteiger partial charge in [-0.2, -0.15) is 21.6 Å². The van der Waals surface area contributed by atoms with Crippen LogP contribution in [0, 0.1) is 5.92 Å². The summed E-state index contributed by atoms with van der Waals surface area (Å²) in [6.07, 6.45) is 6.11. The number of benzene rings is 1. The maximum atomic E-state index is 12.8. The predicted octanol–water partition coefficient (Wildman–Crippen LogP) is 3.37. The van der Waals surface area contributed by atoms with Crippen LogP contribution in [0.25, 0.3) is 0 Å². The van der Waals surface area contributed by atoms with Crippen LogP contribution >= 0.6 is 0 Å². The van der Waals surface area contributed by atoms with Gasteiger partial charge in [0.1, 0.15) is 5.75 Å². The Morgan fingerprint density at radius 1 is 1.17 bits per heavy atom. The van der Waals surface area contributed by atoms with Crippen LogP contribution < -0.4 is 4.18 Å². The third kappa shape index (κ3) is 2.99. The van der Waals surface area contributed by atoms with E-state index in [4.69, 9.17) is 4.74 Å². The van der Waals surface area contributed by atoms with Gasteiger partial charge in [0.25, 0.3) is 0 Å². The molecule has 3 fully saturated rings. The highest BCUT2D eigenvalue weighted by molar-refractivity contribution is 7.88. The largest absolute Gasteiger partial charge is 0.534 e. The number of likely N-dealkylation sites (tertiary alicyclic amines) is 1. The zero-order valence-corrected chi connectivity index (χ0v) is 16.8. The summed E-state index contributed by atoms with van der Waals surface area (Å²) in [6, 6.07) is 5.55. The Bertz CT molecular complexity index is 915. The Morgan fingerprint density at radius 2 is 1.97 bits per heavy atom. The predicted molar refractivity (Wildman–Crippen MR) is 99.1 cm³/mol. The molecule has 0 spiro atoms. The van der Waals surface area contributed by atoms with Crippen molar-refractivity contribution >= 4 is 10.1 Å². The van der Waals surface area contributed by atoms with E-state index in [1.54, 1.807) is 12.1 Å². The fourth-order valence-electron chi connectivity index (χ4n) is 6.11. The fraction of sp³-hybridized carbons (Fsp3) is 0.700. The lowest BCUT2D eigenvalue weighted by molar-refractivity contribution is -0.120. The minimum absolute atomic E-state index is 0.0982. The number of fused-ring (bicyclic) bond motifs is 1. The number of hydrogen-bond acceptors (Lipinski definition) is 5. The quantitative estimate of drug-likeness (QED) is 0.543. The monoisotopic (exact) mass is 431 g/mol. The van der Waals surface area contributed by atoms with Gasteiger partial charge in [-0.05, 0) is 61.4 Å². The maximum absolute atomic E-state index is 12.8. The van der Waals surface area contributed by atoms with E-state index in [9.17, 15) is 21.6 Å². The van der Waals surface area contributed by atoms with Crippen LogP contribution in [0.1, 0.15) is 43.2 Å². The minimum atomic E-state index is -5.67. The molecule has 29 heavy (non-hydrogen) atoms. The average Bonchev–Trinajstić information content (AvgIpc) is 2.61. The number of rotatable bonds is 3. The van der Waals surface area contributed by atoms with Gasteiger partial charge in [-0.25, -0.2) is 0 Å². The lowest BCUT2D eigenvalue weighted by Crippen LogP contribution is -2.66. The van der Waals surface area contributed by atoms with Gasteiger partial charge in [0.15, 0.2) is 0 Å². The summed E-state index contributed by atoms with van der Waals surface area (Å²) >= 11 is 0. The molecule has 5 rings (SSSR count). The Morgan fingerprint density at radius 3 is 2.66 bits per heavy atom. The van der Waals surface area contributed by atoms with E-state index < -0.39 is 15.6 Å². The second kappa shape index (κ2) is 6.59. The van der Waals surface area contributed by atoms with Crippen LogP contribution in [0.15, 0.2) is 18.2 Å². The zero-order valence-electron chi connectivity index (χ0n) is 16.0. The normalized spacial score (nSPS) is 32.8. The molecule has 0 amide bonds. The highest BCUT2D eigenvalue weighted by Crippen LogP contribution is 2.56. The van der Waals surface area contributed by atoms with E-state index in [2.05, 4.69) is 9.08 Å². The van der Waals surface area contributed by atoms with Crippen LogP contribution in [0.4, 0.5) is 13.2 Å². The van der Waals surface area contributed by atoms with Crippen molar-refractivity contribution < 1.29 is 30.5 Å². The molecule has 0 aromatic heterocycles. The van der Waals surface area contributed by atoms with Crippen molar-refractivity contribution in [2.24, 2.45) is 5.92 Å². The molecule has 2 bridgehead atoms. The third-order valence-corrected chi connectivity index (χ3v) is 8.41. The van der Waals surface area contributed by atoms with E-state index in [1.165, 1.54) is 6.07 Å². The van der Waals surface area contributed by atoms with Gasteiger partial charge >= 0.3 is 15.6 Å². The molecular formula is C20H24F3NO4S. The Kier molecular flexibility index (Phi) is 4.46. The molecule has 2 saturated heterocycles. The summed E-state index contributed by atoms with van der Waals surface area (Å²) in [5.74, 6) is 0.195. The molecule has 0 N–H and O–H groups in total. The number of alkyl halides is 3. The summed E-state index contributed by atoms with van der Waals surface area (Å²) in [6.45, 7) is 2.48. The molecule has 3 atom stereocenters. The highest BCUT2D eigenvalue weighted by atomic mass is 32.2. The number of ether oxygens (including phenoxy) is 1. The molecule has 160 valence electrons. The molecule has 1 aromatic carbocycles. The molecule has 0 unspecified atom stereocenters. The molecule has 0 radical (unpaired) electrons. The minimum Gasteiger partial charge on any atom is -0.378 e. The van der Waals surface area contributed by atoms with Crippen molar-refractivity contribution in [3.05, 3.63) is 29.3 Å². The molecule has 1 aromatic rings. The van der Waals surface area contributed by atoms with Crippen molar-refractivity contribution in [3.8, 4) is 5.75 Å². The first-order valence-electron chi connectivity index (χ1n) is 10.2. The van der Waals surface area contributed by atoms with Gasteiger partial charge in [0.05, 0.1) is 19.3 Å². The number of hydrogen-bond donors (Lipinski definition) is 0. The zero-order chi connectivity index (χ0) is 20.4. The Balaban J connectivity index is 1.53. The van der Waals surface area contributed by atoms with Gasteiger partial charge in [-0.1, -0.05) is 18.9 Å². The fourth-order valence-corrected chi connectivity index (χ4v) is 6.56. The van der Waals surface area contributed by atoms with Crippen molar-refractivity contribution in [1.82, 2.24) is 4.90 Å². The average molecular weight is 431 g/mol. The third-order valence-electron chi connectivity index (χ3n) is 7.43. The van der Waals surface area contributed by atoms with Gasteiger partial charge in [0.2, 0.25) is 0 Å². The topological polar surface area (TPSA) is 55.8 Å². The molecule has 2 aliphatic heterocycles. The molecule has 2 aliphatic carbocycles. The van der Waals surface area contributed by atoms with Crippen molar-refractivity contribution in [2.75, 3.05) is 19.8 Å². The first kappa shape index (κ1) is 19.6. The van der Waals surface area contributed by atoms with Crippen LogP contribution in [-0.2, 0) is 26.7 Å². The summed E-state index contributed by atoms with van der Waals surface area (Å²) < 4.78 is 71.1. The molecule has 5 nitrogen and oxygen atoms in total. The van der Waals surface area contributed by atoms with Crippen molar-refractivity contribution in [1.29, 1.82) is 0 Å². The van der Waals surface area contributed by atoms with Gasteiger partial charge in [-0.3, -0.25) is 4.90 Å². The van der Waals surface area contributed by atoms with Crippen LogP contribution in [-0.4, -0.2) is 50.7 Å². The van der Waals surface area contributed by atoms with Crippen molar-refractivity contribution in [2.45, 2.75) is 61.5 Å². The molecule has 4 aliphatic rings. The summed E-state index contributed by atoms with van der Waals surface area (Å²) in [7, 11) is -5.67. The first-order chi connectivity index (χ1) is 13.7. The maximum Gasteiger partial charge on any atom is 0.534 e. The number of piperidine rings is 1. The first-order valence-corrected chi connectivity index (χ1v) is 11.6.